The van der Waals surface area contributed by atoms with Crippen LogP contribution in [0, 0.1) is 0 Å². The zero-order valence-electron chi connectivity index (χ0n) is 17.9. The average molecular weight is 439 g/mol. The molecule has 0 bridgehead atoms. The molecule has 5 aromatic rings. The van der Waals surface area contributed by atoms with E-state index in [1.807, 2.05) is 54.7 Å². The summed E-state index contributed by atoms with van der Waals surface area (Å²) in [5.74, 6) is -0.488. The van der Waals surface area contributed by atoms with Crippen LogP contribution in [0.1, 0.15) is 33.8 Å². The maximum absolute atomic E-state index is 13.4. The van der Waals surface area contributed by atoms with E-state index in [2.05, 4.69) is 4.98 Å². The number of methoxy groups -OCH3 is 1. The topological polar surface area (TPSA) is 92.5 Å². The number of para-hydroxylation sites is 2. The smallest absolute Gasteiger partial charge is 0.351 e. The third-order valence-corrected chi connectivity index (χ3v) is 5.97. The van der Waals surface area contributed by atoms with Gasteiger partial charge in [-0.1, -0.05) is 42.5 Å². The molecule has 0 aliphatic carbocycles. The van der Waals surface area contributed by atoms with Gasteiger partial charge in [-0.25, -0.2) is 4.79 Å². The monoisotopic (exact) mass is 439 g/mol. The molecule has 5 rings (SSSR count). The molecule has 0 aliphatic rings. The standard InChI is InChI=1S/C27H21NO5/c1-32-17-12-10-16(11-13-17)20(21-15-28-22-8-4-2-6-18(21)22)14-23(29)25-26(30)19-7-3-5-9-24(19)33-27(25)31/h2-13,15,20,28,30H,14H2,1H3. The Bertz CT molecular complexity index is 1530. The summed E-state index contributed by atoms with van der Waals surface area (Å²) in [4.78, 5) is 29.3. The minimum Gasteiger partial charge on any atom is -0.506 e. The van der Waals surface area contributed by atoms with Crippen molar-refractivity contribution in [2.24, 2.45) is 0 Å². The highest BCUT2D eigenvalue weighted by Crippen LogP contribution is 2.36. The molecule has 2 N–H and O–H groups in total. The Balaban J connectivity index is 1.61. The minimum absolute atomic E-state index is 0.0230. The molecule has 33 heavy (non-hydrogen) atoms. The number of nitrogens with one attached hydrogen (secondary N) is 1. The molecule has 164 valence electrons. The van der Waals surface area contributed by atoms with Crippen molar-refractivity contribution in [1.82, 2.24) is 4.98 Å². The number of rotatable bonds is 6. The predicted octanol–water partition coefficient (Wildman–Crippen LogP) is 5.39. The Kier molecular flexibility index (Phi) is 5.18. The Hall–Kier alpha value is -4.32. The summed E-state index contributed by atoms with van der Waals surface area (Å²) in [6.45, 7) is 0. The first-order chi connectivity index (χ1) is 16.1. The summed E-state index contributed by atoms with van der Waals surface area (Å²) in [5.41, 5.74) is 1.83. The molecule has 1 unspecified atom stereocenters. The molecule has 2 aromatic heterocycles. The van der Waals surface area contributed by atoms with Crippen LogP contribution in [-0.2, 0) is 0 Å². The van der Waals surface area contributed by atoms with Crippen LogP contribution in [0.5, 0.6) is 11.5 Å². The minimum atomic E-state index is -0.844. The van der Waals surface area contributed by atoms with Crippen LogP contribution < -0.4 is 10.4 Å². The van der Waals surface area contributed by atoms with Gasteiger partial charge in [-0.3, -0.25) is 4.79 Å². The number of carbonyl (C=O) groups excluding carboxylic acids is 1. The van der Waals surface area contributed by atoms with Gasteiger partial charge in [0, 0.05) is 29.4 Å². The number of H-pyrrole nitrogens is 1. The van der Waals surface area contributed by atoms with Crippen molar-refractivity contribution in [3.05, 3.63) is 106 Å². The number of hydrogen-bond acceptors (Lipinski definition) is 5. The van der Waals surface area contributed by atoms with Gasteiger partial charge in [-0.05, 0) is 41.5 Å². The fraction of sp³-hybridized carbons (Fsp3) is 0.111. The number of hydrogen-bond donors (Lipinski definition) is 2. The number of fused-ring (bicyclic) bond motifs is 2. The summed E-state index contributed by atoms with van der Waals surface area (Å²) in [5, 5.41) is 12.1. The molecule has 1 atom stereocenters. The van der Waals surface area contributed by atoms with E-state index in [-0.39, 0.29) is 29.2 Å². The SMILES string of the molecule is COc1ccc(C(CC(=O)c2c(O)c3ccccc3oc2=O)c2c[nH]c3ccccc23)cc1. The van der Waals surface area contributed by atoms with E-state index in [0.29, 0.717) is 11.1 Å². The molecular formula is C27H21NO5. The van der Waals surface area contributed by atoms with Gasteiger partial charge in [0.15, 0.2) is 5.78 Å². The molecular weight excluding hydrogens is 418 g/mol. The number of ketones is 1. The summed E-state index contributed by atoms with van der Waals surface area (Å²) >= 11 is 0. The van der Waals surface area contributed by atoms with Crippen LogP contribution in [0.4, 0.5) is 0 Å². The van der Waals surface area contributed by atoms with Crippen molar-refractivity contribution in [3.63, 3.8) is 0 Å². The zero-order valence-corrected chi connectivity index (χ0v) is 17.9. The molecule has 6 heteroatoms. The third kappa shape index (κ3) is 3.65. The van der Waals surface area contributed by atoms with E-state index in [0.717, 1.165) is 22.0 Å². The van der Waals surface area contributed by atoms with Gasteiger partial charge >= 0.3 is 5.63 Å². The maximum Gasteiger partial charge on any atom is 0.351 e. The normalized spacial score (nSPS) is 12.2. The Morgan fingerprint density at radius 1 is 1.00 bits per heavy atom. The first-order valence-corrected chi connectivity index (χ1v) is 10.5. The summed E-state index contributed by atoms with van der Waals surface area (Å²) in [7, 11) is 1.59. The van der Waals surface area contributed by atoms with Crippen LogP contribution >= 0.6 is 0 Å². The van der Waals surface area contributed by atoms with Crippen LogP contribution in [0.2, 0.25) is 0 Å². The molecule has 0 aliphatic heterocycles. The third-order valence-electron chi connectivity index (χ3n) is 5.97. The zero-order chi connectivity index (χ0) is 22.9. The number of ether oxygens (including phenoxy) is 1. The largest absolute Gasteiger partial charge is 0.506 e. The number of aromatic hydroxyl groups is 1. The fourth-order valence-corrected chi connectivity index (χ4v) is 4.29. The van der Waals surface area contributed by atoms with Crippen molar-refractivity contribution in [1.29, 1.82) is 0 Å². The highest BCUT2D eigenvalue weighted by Gasteiger charge is 2.27. The fourth-order valence-electron chi connectivity index (χ4n) is 4.29. The summed E-state index contributed by atoms with van der Waals surface area (Å²) < 4.78 is 10.6. The van der Waals surface area contributed by atoms with Gasteiger partial charge < -0.3 is 19.2 Å². The second-order valence-electron chi connectivity index (χ2n) is 7.85. The Morgan fingerprint density at radius 3 is 2.45 bits per heavy atom. The first kappa shape index (κ1) is 20.6. The first-order valence-electron chi connectivity index (χ1n) is 10.5. The van der Waals surface area contributed by atoms with E-state index in [9.17, 15) is 14.7 Å². The number of benzene rings is 3. The van der Waals surface area contributed by atoms with E-state index in [1.54, 1.807) is 31.4 Å². The molecule has 0 spiro atoms. The molecule has 3 aromatic carbocycles. The van der Waals surface area contributed by atoms with Gasteiger partial charge in [0.2, 0.25) is 0 Å². The molecule has 0 saturated carbocycles. The van der Waals surface area contributed by atoms with Gasteiger partial charge in [-0.2, -0.15) is 0 Å². The van der Waals surface area contributed by atoms with Crippen molar-refractivity contribution < 1.29 is 19.1 Å². The Labute approximate surface area is 189 Å². The molecule has 0 amide bonds. The van der Waals surface area contributed by atoms with Crippen LogP contribution in [0.25, 0.3) is 21.9 Å². The van der Waals surface area contributed by atoms with E-state index in [1.165, 1.54) is 0 Å². The highest BCUT2D eigenvalue weighted by atomic mass is 16.5. The Morgan fingerprint density at radius 2 is 1.70 bits per heavy atom. The van der Waals surface area contributed by atoms with Gasteiger partial charge in [-0.15, -0.1) is 0 Å². The average Bonchev–Trinajstić information content (AvgIpc) is 3.26. The second-order valence-corrected chi connectivity index (χ2v) is 7.85. The second kappa shape index (κ2) is 8.31. The van der Waals surface area contributed by atoms with E-state index in [4.69, 9.17) is 9.15 Å². The van der Waals surface area contributed by atoms with Gasteiger partial charge in [0.05, 0.1) is 12.5 Å². The van der Waals surface area contributed by atoms with Crippen molar-refractivity contribution in [3.8, 4) is 11.5 Å². The lowest BCUT2D eigenvalue weighted by molar-refractivity contribution is 0.0971. The van der Waals surface area contributed by atoms with Gasteiger partial charge in [0.1, 0.15) is 22.6 Å². The van der Waals surface area contributed by atoms with Crippen molar-refractivity contribution >= 4 is 27.7 Å². The lowest BCUT2D eigenvalue weighted by Crippen LogP contribution is -2.17. The maximum atomic E-state index is 13.4. The number of aromatic amines is 1. The number of carbonyl (C=O) groups is 1. The summed E-state index contributed by atoms with van der Waals surface area (Å²) in [6, 6.07) is 21.9. The quantitative estimate of drug-likeness (QED) is 0.273. The van der Waals surface area contributed by atoms with Crippen molar-refractivity contribution in [2.45, 2.75) is 12.3 Å². The molecule has 2 heterocycles. The molecule has 0 saturated heterocycles. The number of Topliss-reactive ketones (excluding diaryl/α,β-unsaturated/α-hetero) is 1. The van der Waals surface area contributed by atoms with E-state index < -0.39 is 11.4 Å². The van der Waals surface area contributed by atoms with Crippen LogP contribution in [0.3, 0.4) is 0 Å². The lowest BCUT2D eigenvalue weighted by atomic mass is 9.85. The molecule has 6 nitrogen and oxygen atoms in total. The van der Waals surface area contributed by atoms with E-state index >= 15 is 0 Å². The number of aromatic nitrogens is 1. The summed E-state index contributed by atoms with van der Waals surface area (Å²) in [6.07, 6.45) is 1.86. The van der Waals surface area contributed by atoms with Gasteiger partial charge in [0.25, 0.3) is 0 Å². The van der Waals surface area contributed by atoms with Crippen LogP contribution in [-0.4, -0.2) is 23.0 Å². The lowest BCUT2D eigenvalue weighted by Gasteiger charge is -2.17. The predicted molar refractivity (Wildman–Crippen MR) is 126 cm³/mol. The highest BCUT2D eigenvalue weighted by molar-refractivity contribution is 6.03. The van der Waals surface area contributed by atoms with Crippen LogP contribution in [0.15, 0.2) is 88.2 Å². The molecule has 0 fully saturated rings. The van der Waals surface area contributed by atoms with Crippen molar-refractivity contribution in [2.75, 3.05) is 7.11 Å². The molecule has 0 radical (unpaired) electrons.